The average molecular weight is 350 g/mol. The first kappa shape index (κ1) is 16.3. The van der Waals surface area contributed by atoms with Gasteiger partial charge in [0.2, 0.25) is 11.8 Å². The highest BCUT2D eigenvalue weighted by Gasteiger charge is 2.23. The minimum absolute atomic E-state index is 0.0163. The lowest BCUT2D eigenvalue weighted by molar-refractivity contribution is -0.130. The fourth-order valence-electron chi connectivity index (χ4n) is 3.18. The van der Waals surface area contributed by atoms with Gasteiger partial charge in [-0.1, -0.05) is 5.16 Å². The van der Waals surface area contributed by atoms with E-state index in [4.69, 9.17) is 4.52 Å². The minimum atomic E-state index is -0.0163. The van der Waals surface area contributed by atoms with E-state index in [1.54, 1.807) is 25.6 Å². The molecular formula is C18H18N6O2. The van der Waals surface area contributed by atoms with Gasteiger partial charge in [-0.05, 0) is 25.5 Å². The van der Waals surface area contributed by atoms with Crippen LogP contribution in [0.4, 0.5) is 0 Å². The lowest BCUT2D eigenvalue weighted by atomic mass is 10.0. The van der Waals surface area contributed by atoms with Crippen LogP contribution in [-0.4, -0.2) is 49.0 Å². The quantitative estimate of drug-likeness (QED) is 0.704. The number of aryl methyl sites for hydroxylation is 1. The second-order valence-electron chi connectivity index (χ2n) is 6.18. The van der Waals surface area contributed by atoms with E-state index in [9.17, 15) is 4.79 Å². The maximum atomic E-state index is 12.6. The molecule has 0 unspecified atom stereocenters. The Hall–Kier alpha value is -3.16. The van der Waals surface area contributed by atoms with Crippen molar-refractivity contribution in [1.82, 2.24) is 30.0 Å². The zero-order chi connectivity index (χ0) is 17.9. The van der Waals surface area contributed by atoms with E-state index < -0.39 is 0 Å². The van der Waals surface area contributed by atoms with E-state index in [2.05, 4.69) is 25.1 Å². The number of amides is 1. The Kier molecular flexibility index (Phi) is 4.39. The molecule has 0 spiro atoms. The van der Waals surface area contributed by atoms with Gasteiger partial charge in [0.1, 0.15) is 12.7 Å². The molecule has 26 heavy (non-hydrogen) atoms. The second-order valence-corrected chi connectivity index (χ2v) is 6.18. The Morgan fingerprint density at radius 3 is 2.92 bits per heavy atom. The van der Waals surface area contributed by atoms with Gasteiger partial charge in [-0.15, -0.1) is 0 Å². The number of fused-ring (bicyclic) bond motifs is 1. The van der Waals surface area contributed by atoms with Gasteiger partial charge in [0, 0.05) is 48.7 Å². The topological polar surface area (TPSA) is 97.9 Å². The van der Waals surface area contributed by atoms with Crippen LogP contribution in [0, 0.1) is 6.92 Å². The van der Waals surface area contributed by atoms with E-state index >= 15 is 0 Å². The van der Waals surface area contributed by atoms with Gasteiger partial charge in [-0.3, -0.25) is 9.78 Å². The normalized spacial score (nSPS) is 14.0. The zero-order valence-electron chi connectivity index (χ0n) is 14.4. The van der Waals surface area contributed by atoms with Crippen LogP contribution < -0.4 is 0 Å². The van der Waals surface area contributed by atoms with Crippen molar-refractivity contribution < 1.29 is 9.32 Å². The minimum Gasteiger partial charge on any atom is -0.342 e. The summed E-state index contributed by atoms with van der Waals surface area (Å²) in [4.78, 5) is 31.6. The number of carbonyl (C=O) groups is 1. The zero-order valence-corrected chi connectivity index (χ0v) is 14.4. The third-order valence-electron chi connectivity index (χ3n) is 4.44. The Bertz CT molecular complexity index is 924. The van der Waals surface area contributed by atoms with Gasteiger partial charge in [-0.25, -0.2) is 9.97 Å². The molecule has 132 valence electrons. The Morgan fingerprint density at radius 1 is 1.27 bits per heavy atom. The first-order chi connectivity index (χ1) is 12.7. The highest BCUT2D eigenvalue weighted by Crippen LogP contribution is 2.25. The molecule has 3 aromatic heterocycles. The summed E-state index contributed by atoms with van der Waals surface area (Å²) in [6.45, 7) is 2.96. The van der Waals surface area contributed by atoms with Crippen LogP contribution >= 0.6 is 0 Å². The van der Waals surface area contributed by atoms with Crippen molar-refractivity contribution >= 4 is 5.91 Å². The summed E-state index contributed by atoms with van der Waals surface area (Å²) < 4.78 is 5.06. The fraction of sp³-hybridized carbons (Fsp3) is 0.333. The Morgan fingerprint density at radius 2 is 2.15 bits per heavy atom. The molecule has 0 aliphatic carbocycles. The number of rotatable bonds is 3. The van der Waals surface area contributed by atoms with Crippen molar-refractivity contribution in [2.75, 3.05) is 13.1 Å². The smallest absolute Gasteiger partial charge is 0.236 e. The summed E-state index contributed by atoms with van der Waals surface area (Å²) in [6, 6.07) is 3.88. The van der Waals surface area contributed by atoms with Crippen molar-refractivity contribution in [3.8, 4) is 11.3 Å². The highest BCUT2D eigenvalue weighted by atomic mass is 16.5. The summed E-state index contributed by atoms with van der Waals surface area (Å²) in [5.41, 5.74) is 3.93. The summed E-state index contributed by atoms with van der Waals surface area (Å²) in [5.74, 6) is 0.870. The van der Waals surface area contributed by atoms with Crippen LogP contribution in [0.2, 0.25) is 0 Å². The van der Waals surface area contributed by atoms with Gasteiger partial charge in [0.15, 0.2) is 5.82 Å². The maximum Gasteiger partial charge on any atom is 0.236 e. The fourth-order valence-corrected chi connectivity index (χ4v) is 3.18. The predicted octanol–water partition coefficient (Wildman–Crippen LogP) is 1.40. The van der Waals surface area contributed by atoms with Crippen LogP contribution in [0.25, 0.3) is 11.3 Å². The van der Waals surface area contributed by atoms with E-state index in [0.717, 1.165) is 22.5 Å². The first-order valence-electron chi connectivity index (χ1n) is 8.51. The molecular weight excluding hydrogens is 332 g/mol. The molecule has 0 N–H and O–H groups in total. The SMILES string of the molecule is Cc1noc(CC(=O)N2CCc3ncnc(-c4cccnc4)c3CC2)n1. The predicted molar refractivity (Wildman–Crippen MR) is 92.0 cm³/mol. The Balaban J connectivity index is 1.53. The number of hydrogen-bond donors (Lipinski definition) is 0. The largest absolute Gasteiger partial charge is 0.342 e. The van der Waals surface area contributed by atoms with Crippen molar-refractivity contribution in [1.29, 1.82) is 0 Å². The van der Waals surface area contributed by atoms with Gasteiger partial charge in [0.05, 0.1) is 5.69 Å². The molecule has 4 heterocycles. The second kappa shape index (κ2) is 6.99. The van der Waals surface area contributed by atoms with E-state index in [1.165, 1.54) is 0 Å². The molecule has 0 fully saturated rings. The van der Waals surface area contributed by atoms with Gasteiger partial charge >= 0.3 is 0 Å². The number of hydrogen-bond acceptors (Lipinski definition) is 7. The van der Waals surface area contributed by atoms with Crippen molar-refractivity contribution in [2.45, 2.75) is 26.2 Å². The molecule has 0 atom stereocenters. The molecule has 1 amide bonds. The van der Waals surface area contributed by atoms with Crippen LogP contribution in [-0.2, 0) is 24.1 Å². The summed E-state index contributed by atoms with van der Waals surface area (Å²) >= 11 is 0. The van der Waals surface area contributed by atoms with E-state index in [1.807, 2.05) is 17.0 Å². The van der Waals surface area contributed by atoms with Crippen molar-refractivity contribution in [3.63, 3.8) is 0 Å². The molecule has 8 nitrogen and oxygen atoms in total. The highest BCUT2D eigenvalue weighted by molar-refractivity contribution is 5.78. The molecule has 4 rings (SSSR count). The van der Waals surface area contributed by atoms with Crippen LogP contribution in [0.3, 0.4) is 0 Å². The summed E-state index contributed by atoms with van der Waals surface area (Å²) in [6.07, 6.45) is 6.64. The number of nitrogens with zero attached hydrogens (tertiary/aromatic N) is 6. The lowest BCUT2D eigenvalue weighted by Gasteiger charge is -2.19. The molecule has 0 saturated carbocycles. The lowest BCUT2D eigenvalue weighted by Crippen LogP contribution is -2.34. The molecule has 1 aliphatic rings. The standard InChI is InChI=1S/C18H18N6O2/c1-12-22-16(26-23-12)9-17(25)24-7-4-14-15(5-8-24)20-11-21-18(14)13-3-2-6-19-10-13/h2-3,6,10-11H,4-5,7-9H2,1H3. The first-order valence-corrected chi connectivity index (χ1v) is 8.51. The molecule has 1 aliphatic heterocycles. The third-order valence-corrected chi connectivity index (χ3v) is 4.44. The summed E-state index contributed by atoms with van der Waals surface area (Å²) in [7, 11) is 0. The summed E-state index contributed by atoms with van der Waals surface area (Å²) in [5, 5.41) is 3.73. The van der Waals surface area contributed by atoms with Crippen molar-refractivity contribution in [2.24, 2.45) is 0 Å². The van der Waals surface area contributed by atoms with E-state index in [0.29, 0.717) is 37.6 Å². The number of carbonyl (C=O) groups excluding carboxylic acids is 1. The van der Waals surface area contributed by atoms with Gasteiger partial charge < -0.3 is 9.42 Å². The van der Waals surface area contributed by atoms with Gasteiger partial charge in [-0.2, -0.15) is 4.98 Å². The molecule has 8 heteroatoms. The molecule has 3 aromatic rings. The molecule has 0 aromatic carbocycles. The van der Waals surface area contributed by atoms with Crippen LogP contribution in [0.1, 0.15) is 23.0 Å². The molecule has 0 radical (unpaired) electrons. The van der Waals surface area contributed by atoms with Crippen molar-refractivity contribution in [3.05, 3.63) is 53.8 Å². The number of pyridine rings is 1. The molecule has 0 bridgehead atoms. The molecule has 0 saturated heterocycles. The Labute approximate surface area is 150 Å². The van der Waals surface area contributed by atoms with Gasteiger partial charge in [0.25, 0.3) is 0 Å². The third kappa shape index (κ3) is 3.30. The van der Waals surface area contributed by atoms with Crippen LogP contribution in [0.15, 0.2) is 35.4 Å². The average Bonchev–Trinajstić information content (AvgIpc) is 2.94. The van der Waals surface area contributed by atoms with E-state index in [-0.39, 0.29) is 12.3 Å². The van der Waals surface area contributed by atoms with Crippen LogP contribution in [0.5, 0.6) is 0 Å². The number of aromatic nitrogens is 5. The maximum absolute atomic E-state index is 12.6. The monoisotopic (exact) mass is 350 g/mol.